The quantitative estimate of drug-likeness (QED) is 0.775. The predicted octanol–water partition coefficient (Wildman–Crippen LogP) is 1.37. The van der Waals surface area contributed by atoms with Crippen LogP contribution in [-0.2, 0) is 9.59 Å². The number of nitrogens with two attached hydrogens (primary N) is 1. The molecule has 8 heteroatoms. The third kappa shape index (κ3) is 3.15. The average Bonchev–Trinajstić information content (AvgIpc) is 2.58. The largest absolute Gasteiger partial charge is 0.477 e. The molecule has 1 amide bonds. The molecule has 3 heterocycles. The first-order valence-corrected chi connectivity index (χ1v) is 9.03. The number of carbonyl (C=O) groups excluding carboxylic acids is 1. The average molecular weight is 349 g/mol. The van der Waals surface area contributed by atoms with E-state index in [2.05, 4.69) is 4.98 Å². The molecular weight excluding hydrogens is 334 g/mol. The molecular formula is C15H15N3O3S2. The lowest BCUT2D eigenvalue weighted by atomic mass is 10.0. The lowest BCUT2D eigenvalue weighted by molar-refractivity contribution is -0.147. The molecule has 6 nitrogen and oxygen atoms in total. The number of β-lactam (4-membered cyclic amide) rings is 1. The molecule has 0 saturated carbocycles. The van der Waals surface area contributed by atoms with Crippen LogP contribution < -0.4 is 5.73 Å². The van der Waals surface area contributed by atoms with Crippen LogP contribution >= 0.6 is 23.5 Å². The van der Waals surface area contributed by atoms with Crippen molar-refractivity contribution in [3.05, 3.63) is 46.8 Å². The van der Waals surface area contributed by atoms with Gasteiger partial charge >= 0.3 is 5.97 Å². The second-order valence-electron chi connectivity index (χ2n) is 5.09. The minimum Gasteiger partial charge on any atom is -0.477 e. The van der Waals surface area contributed by atoms with Crippen LogP contribution in [-0.4, -0.2) is 49.8 Å². The van der Waals surface area contributed by atoms with Gasteiger partial charge in [0.2, 0.25) is 5.91 Å². The van der Waals surface area contributed by atoms with Crippen molar-refractivity contribution in [1.82, 2.24) is 9.88 Å². The summed E-state index contributed by atoms with van der Waals surface area (Å²) < 4.78 is 0. The number of aliphatic carboxylic acids is 1. The number of amides is 1. The molecule has 2 atom stereocenters. The van der Waals surface area contributed by atoms with Crippen LogP contribution in [0.4, 0.5) is 0 Å². The fourth-order valence-corrected chi connectivity index (χ4v) is 4.65. The number of hydrogen-bond donors (Lipinski definition) is 2. The van der Waals surface area contributed by atoms with Gasteiger partial charge in [-0.15, -0.1) is 23.5 Å². The highest BCUT2D eigenvalue weighted by molar-refractivity contribution is 8.02. The lowest BCUT2D eigenvalue weighted by Gasteiger charge is -2.48. The zero-order valence-corrected chi connectivity index (χ0v) is 13.7. The number of nitrogens with zero attached hydrogens (tertiary/aromatic N) is 2. The van der Waals surface area contributed by atoms with Crippen LogP contribution in [0, 0.1) is 0 Å². The molecule has 2 aliphatic heterocycles. The smallest absolute Gasteiger partial charge is 0.352 e. The Hall–Kier alpha value is -1.77. The predicted molar refractivity (Wildman–Crippen MR) is 91.5 cm³/mol. The third-order valence-corrected chi connectivity index (χ3v) is 5.79. The molecule has 1 aromatic rings. The van der Waals surface area contributed by atoms with E-state index in [0.717, 1.165) is 11.1 Å². The van der Waals surface area contributed by atoms with Gasteiger partial charge in [-0.05, 0) is 28.7 Å². The molecule has 2 aliphatic rings. The molecule has 0 aromatic carbocycles. The number of rotatable bonds is 5. The number of fused-ring (bicyclic) bond motifs is 1. The Balaban J connectivity index is 1.69. The summed E-state index contributed by atoms with van der Waals surface area (Å²) >= 11 is 3.01. The van der Waals surface area contributed by atoms with Crippen molar-refractivity contribution in [2.45, 2.75) is 11.4 Å². The summed E-state index contributed by atoms with van der Waals surface area (Å²) in [6, 6.07) is 3.20. The van der Waals surface area contributed by atoms with Crippen LogP contribution in [0.5, 0.6) is 0 Å². The molecule has 120 valence electrons. The van der Waals surface area contributed by atoms with Crippen molar-refractivity contribution < 1.29 is 14.7 Å². The van der Waals surface area contributed by atoms with Crippen LogP contribution in [0.1, 0.15) is 5.56 Å². The van der Waals surface area contributed by atoms with Crippen LogP contribution in [0.2, 0.25) is 0 Å². The van der Waals surface area contributed by atoms with E-state index in [1.54, 1.807) is 12.4 Å². The number of aromatic nitrogens is 1. The Kier molecular flexibility index (Phi) is 4.74. The van der Waals surface area contributed by atoms with E-state index in [0.29, 0.717) is 11.5 Å². The zero-order valence-electron chi connectivity index (χ0n) is 12.1. The second kappa shape index (κ2) is 6.77. The van der Waals surface area contributed by atoms with Gasteiger partial charge in [0.25, 0.3) is 0 Å². The fourth-order valence-electron chi connectivity index (χ4n) is 2.44. The SMILES string of the molecule is NC1C(=O)N2C(C(=O)O)=C(CS/C=C\c3cccnc3)CSC12. The van der Waals surface area contributed by atoms with Crippen molar-refractivity contribution in [2.75, 3.05) is 11.5 Å². The maximum atomic E-state index is 11.8. The molecule has 0 radical (unpaired) electrons. The first-order chi connectivity index (χ1) is 11.1. The normalized spacial score (nSPS) is 23.9. The molecule has 3 N–H and O–H groups in total. The van der Waals surface area contributed by atoms with Crippen molar-refractivity contribution in [3.63, 3.8) is 0 Å². The number of pyridine rings is 1. The highest BCUT2D eigenvalue weighted by Crippen LogP contribution is 2.40. The standard InChI is InChI=1S/C15H15N3O3S2/c16-11-13(19)18-12(15(20)21)10(8-23-14(11)18)7-22-5-3-9-2-1-4-17-6-9/h1-6,11,14H,7-8,16H2,(H,20,21)/b5-3-. The van der Waals surface area contributed by atoms with E-state index in [9.17, 15) is 14.7 Å². The molecule has 1 fully saturated rings. The molecule has 0 spiro atoms. The first kappa shape index (κ1) is 16.1. The molecule has 2 unspecified atom stereocenters. The number of carbonyl (C=O) groups is 2. The minimum absolute atomic E-state index is 0.0997. The zero-order chi connectivity index (χ0) is 16.4. The second-order valence-corrected chi connectivity index (χ2v) is 7.09. The van der Waals surface area contributed by atoms with Crippen LogP contribution in [0.25, 0.3) is 6.08 Å². The summed E-state index contributed by atoms with van der Waals surface area (Å²) in [7, 11) is 0. The van der Waals surface area contributed by atoms with Gasteiger partial charge < -0.3 is 10.8 Å². The molecule has 0 aliphatic carbocycles. The Morgan fingerprint density at radius 2 is 2.43 bits per heavy atom. The highest BCUT2D eigenvalue weighted by atomic mass is 32.2. The summed E-state index contributed by atoms with van der Waals surface area (Å²) in [5, 5.41) is 11.1. The Morgan fingerprint density at radius 1 is 1.61 bits per heavy atom. The Bertz CT molecular complexity index is 690. The van der Waals surface area contributed by atoms with E-state index >= 15 is 0 Å². The highest BCUT2D eigenvalue weighted by Gasteiger charge is 2.51. The number of thioether (sulfide) groups is 2. The van der Waals surface area contributed by atoms with E-state index in [1.165, 1.54) is 28.4 Å². The van der Waals surface area contributed by atoms with Crippen molar-refractivity contribution in [3.8, 4) is 0 Å². The van der Waals surface area contributed by atoms with Crippen molar-refractivity contribution >= 4 is 41.5 Å². The van der Waals surface area contributed by atoms with Gasteiger partial charge in [0.1, 0.15) is 17.1 Å². The molecule has 23 heavy (non-hydrogen) atoms. The summed E-state index contributed by atoms with van der Waals surface area (Å²) in [5.41, 5.74) is 7.55. The summed E-state index contributed by atoms with van der Waals surface area (Å²) in [6.07, 6.45) is 5.38. The van der Waals surface area contributed by atoms with Crippen LogP contribution in [0.15, 0.2) is 41.2 Å². The number of carboxylic acid groups (broad SMARTS) is 1. The van der Waals surface area contributed by atoms with Gasteiger partial charge in [0.15, 0.2) is 0 Å². The van der Waals surface area contributed by atoms with Crippen molar-refractivity contribution in [2.24, 2.45) is 5.73 Å². The van der Waals surface area contributed by atoms with Crippen molar-refractivity contribution in [1.29, 1.82) is 0 Å². The molecule has 1 aromatic heterocycles. The van der Waals surface area contributed by atoms with E-state index in [1.807, 2.05) is 23.6 Å². The van der Waals surface area contributed by atoms with Gasteiger partial charge in [0.05, 0.1) is 0 Å². The topological polar surface area (TPSA) is 96.5 Å². The molecule has 1 saturated heterocycles. The Labute approximate surface area is 141 Å². The summed E-state index contributed by atoms with van der Waals surface area (Å²) in [6.45, 7) is 0. The number of hydrogen-bond acceptors (Lipinski definition) is 6. The summed E-state index contributed by atoms with van der Waals surface area (Å²) in [5.74, 6) is -0.273. The van der Waals surface area contributed by atoms with Gasteiger partial charge in [-0.3, -0.25) is 14.7 Å². The first-order valence-electron chi connectivity index (χ1n) is 6.93. The molecule has 3 rings (SSSR count). The van der Waals surface area contributed by atoms with Crippen LogP contribution in [0.3, 0.4) is 0 Å². The lowest BCUT2D eigenvalue weighted by Crippen LogP contribution is -2.68. The third-order valence-electron chi connectivity index (χ3n) is 3.59. The van der Waals surface area contributed by atoms with Gasteiger partial charge in [-0.2, -0.15) is 0 Å². The maximum Gasteiger partial charge on any atom is 0.352 e. The number of carboxylic acids is 1. The fraction of sp³-hybridized carbons (Fsp3) is 0.267. The van der Waals surface area contributed by atoms with Gasteiger partial charge in [-0.25, -0.2) is 4.79 Å². The maximum absolute atomic E-state index is 11.8. The monoisotopic (exact) mass is 349 g/mol. The minimum atomic E-state index is -1.07. The van der Waals surface area contributed by atoms with E-state index in [4.69, 9.17) is 5.73 Å². The van der Waals surface area contributed by atoms with E-state index in [-0.39, 0.29) is 17.0 Å². The van der Waals surface area contributed by atoms with E-state index < -0.39 is 12.0 Å². The molecule has 0 bridgehead atoms. The van der Waals surface area contributed by atoms with Gasteiger partial charge in [-0.1, -0.05) is 6.07 Å². The van der Waals surface area contributed by atoms with Gasteiger partial charge in [0, 0.05) is 23.9 Å². The summed E-state index contributed by atoms with van der Waals surface area (Å²) in [4.78, 5) is 28.7. The Morgan fingerprint density at radius 3 is 3.13 bits per heavy atom.